The Morgan fingerprint density at radius 3 is 2.52 bits per heavy atom. The zero-order valence-corrected chi connectivity index (χ0v) is 14.0. The van der Waals surface area contributed by atoms with Crippen molar-refractivity contribution in [3.63, 3.8) is 0 Å². The standard InChI is InChI=1S/C19H12FN3OS/c1-12-10-13-4-2-3-5-16(13)19(11-21)17(25)22(18(24)23(12)19)15-8-6-14(20)7-9-15/h2-10H,1H3/t19-/m1/s1. The second kappa shape index (κ2) is 5.23. The lowest BCUT2D eigenvalue weighted by Gasteiger charge is -2.35. The Morgan fingerprint density at radius 2 is 1.84 bits per heavy atom. The highest BCUT2D eigenvalue weighted by Crippen LogP contribution is 2.46. The van der Waals surface area contributed by atoms with Crippen LogP contribution in [-0.2, 0) is 5.54 Å². The van der Waals surface area contributed by atoms with Gasteiger partial charge in [0, 0.05) is 11.3 Å². The van der Waals surface area contributed by atoms with Crippen LogP contribution >= 0.6 is 12.2 Å². The molecule has 0 bridgehead atoms. The highest BCUT2D eigenvalue weighted by atomic mass is 32.1. The third kappa shape index (κ3) is 1.90. The zero-order valence-electron chi connectivity index (χ0n) is 13.2. The molecule has 122 valence electrons. The lowest BCUT2D eigenvalue weighted by molar-refractivity contribution is 0.212. The topological polar surface area (TPSA) is 47.3 Å². The van der Waals surface area contributed by atoms with Crippen LogP contribution in [0.4, 0.5) is 14.9 Å². The van der Waals surface area contributed by atoms with Crippen molar-refractivity contribution in [2.24, 2.45) is 0 Å². The fourth-order valence-electron chi connectivity index (χ4n) is 3.46. The number of nitriles is 1. The van der Waals surface area contributed by atoms with E-state index in [4.69, 9.17) is 12.2 Å². The van der Waals surface area contributed by atoms with E-state index >= 15 is 0 Å². The normalized spacial score (nSPS) is 21.6. The van der Waals surface area contributed by atoms with E-state index in [9.17, 15) is 14.4 Å². The van der Waals surface area contributed by atoms with Gasteiger partial charge in [0.15, 0.2) is 0 Å². The maximum absolute atomic E-state index is 13.3. The van der Waals surface area contributed by atoms with Crippen molar-refractivity contribution >= 4 is 35.0 Å². The van der Waals surface area contributed by atoms with Crippen molar-refractivity contribution in [2.75, 3.05) is 4.90 Å². The van der Waals surface area contributed by atoms with Crippen molar-refractivity contribution in [1.82, 2.24) is 4.90 Å². The third-order valence-electron chi connectivity index (χ3n) is 4.54. The molecular weight excluding hydrogens is 337 g/mol. The van der Waals surface area contributed by atoms with E-state index in [1.807, 2.05) is 30.3 Å². The molecule has 2 heterocycles. The number of urea groups is 1. The Kier molecular flexibility index (Phi) is 3.24. The summed E-state index contributed by atoms with van der Waals surface area (Å²) >= 11 is 5.59. The van der Waals surface area contributed by atoms with Crippen LogP contribution in [-0.4, -0.2) is 15.9 Å². The molecule has 2 aliphatic heterocycles. The molecule has 6 heteroatoms. The van der Waals surface area contributed by atoms with E-state index in [-0.39, 0.29) is 4.99 Å². The van der Waals surface area contributed by atoms with Gasteiger partial charge < -0.3 is 0 Å². The minimum atomic E-state index is -1.38. The summed E-state index contributed by atoms with van der Waals surface area (Å²) in [5.41, 5.74) is 1.22. The fraction of sp³-hybridized carbons (Fsp3) is 0.105. The number of thiocarbonyl (C=S) groups is 1. The third-order valence-corrected chi connectivity index (χ3v) is 5.02. The first-order valence-electron chi connectivity index (χ1n) is 7.64. The number of nitrogens with zero attached hydrogens (tertiary/aromatic N) is 3. The van der Waals surface area contributed by atoms with Gasteiger partial charge >= 0.3 is 6.03 Å². The Bertz CT molecular complexity index is 992. The number of allylic oxidation sites excluding steroid dienone is 1. The average Bonchev–Trinajstić information content (AvgIpc) is 2.85. The van der Waals surface area contributed by atoms with Gasteiger partial charge in [-0.25, -0.2) is 9.18 Å². The smallest absolute Gasteiger partial charge is 0.268 e. The Balaban J connectivity index is 1.96. The molecule has 4 rings (SSSR count). The minimum absolute atomic E-state index is 0.173. The van der Waals surface area contributed by atoms with Crippen LogP contribution in [0.3, 0.4) is 0 Å². The van der Waals surface area contributed by atoms with Gasteiger partial charge in [-0.2, -0.15) is 5.26 Å². The summed E-state index contributed by atoms with van der Waals surface area (Å²) in [7, 11) is 0. The van der Waals surface area contributed by atoms with Crippen molar-refractivity contribution in [2.45, 2.75) is 12.5 Å². The summed E-state index contributed by atoms with van der Waals surface area (Å²) in [4.78, 5) is 16.0. The number of anilines is 1. The quantitative estimate of drug-likeness (QED) is 0.725. The summed E-state index contributed by atoms with van der Waals surface area (Å²) in [5, 5.41) is 10.1. The molecule has 25 heavy (non-hydrogen) atoms. The molecule has 1 saturated heterocycles. The van der Waals surface area contributed by atoms with E-state index in [1.165, 1.54) is 34.1 Å². The van der Waals surface area contributed by atoms with Gasteiger partial charge in [0.1, 0.15) is 16.9 Å². The van der Waals surface area contributed by atoms with Crippen LogP contribution < -0.4 is 4.90 Å². The summed E-state index contributed by atoms with van der Waals surface area (Å²) in [6.07, 6.45) is 1.86. The highest BCUT2D eigenvalue weighted by molar-refractivity contribution is 7.81. The van der Waals surface area contributed by atoms with Crippen LogP contribution in [0.1, 0.15) is 18.1 Å². The Hall–Kier alpha value is -3.04. The number of rotatable bonds is 1. The number of halogens is 1. The van der Waals surface area contributed by atoms with Crippen molar-refractivity contribution in [3.8, 4) is 6.07 Å². The van der Waals surface area contributed by atoms with Crippen LogP contribution in [0.25, 0.3) is 6.08 Å². The first-order valence-corrected chi connectivity index (χ1v) is 8.05. The molecule has 2 aromatic rings. The molecule has 0 saturated carbocycles. The van der Waals surface area contributed by atoms with Gasteiger partial charge in [-0.1, -0.05) is 36.5 Å². The van der Waals surface area contributed by atoms with Crippen LogP contribution in [0.5, 0.6) is 0 Å². The number of fused-ring (bicyclic) bond motifs is 3. The van der Waals surface area contributed by atoms with Crippen LogP contribution in [0.2, 0.25) is 0 Å². The molecule has 1 atom stereocenters. The minimum Gasteiger partial charge on any atom is -0.268 e. The number of hydrogen-bond donors (Lipinski definition) is 0. The molecule has 0 aliphatic carbocycles. The van der Waals surface area contributed by atoms with E-state index < -0.39 is 17.4 Å². The van der Waals surface area contributed by atoms with Crippen molar-refractivity contribution < 1.29 is 9.18 Å². The maximum atomic E-state index is 13.3. The second-order valence-corrected chi connectivity index (χ2v) is 6.32. The number of carbonyl (C=O) groups is 1. The molecule has 2 aromatic carbocycles. The lowest BCUT2D eigenvalue weighted by atomic mass is 9.83. The van der Waals surface area contributed by atoms with Gasteiger partial charge in [0.25, 0.3) is 0 Å². The summed E-state index contributed by atoms with van der Waals surface area (Å²) < 4.78 is 13.3. The number of amides is 2. The van der Waals surface area contributed by atoms with Crippen molar-refractivity contribution in [1.29, 1.82) is 5.26 Å². The molecule has 0 unspecified atom stereocenters. The molecule has 1 fully saturated rings. The molecule has 2 amide bonds. The van der Waals surface area contributed by atoms with Gasteiger partial charge in [0.2, 0.25) is 5.54 Å². The number of hydrogen-bond acceptors (Lipinski definition) is 3. The second-order valence-electron chi connectivity index (χ2n) is 5.93. The predicted octanol–water partition coefficient (Wildman–Crippen LogP) is 4.19. The molecule has 0 radical (unpaired) electrons. The average molecular weight is 349 g/mol. The first-order chi connectivity index (χ1) is 12.0. The molecule has 0 aromatic heterocycles. The lowest BCUT2D eigenvalue weighted by Crippen LogP contribution is -2.46. The molecule has 4 nitrogen and oxygen atoms in total. The summed E-state index contributed by atoms with van der Waals surface area (Å²) in [6.45, 7) is 1.77. The number of carbonyl (C=O) groups excluding carboxylic acids is 1. The molecule has 0 spiro atoms. The maximum Gasteiger partial charge on any atom is 0.335 e. The zero-order chi connectivity index (χ0) is 17.8. The van der Waals surface area contributed by atoms with E-state index in [0.717, 1.165) is 5.56 Å². The van der Waals surface area contributed by atoms with E-state index in [1.54, 1.807) is 6.92 Å². The van der Waals surface area contributed by atoms with Gasteiger partial charge in [0.05, 0.1) is 5.69 Å². The van der Waals surface area contributed by atoms with E-state index in [2.05, 4.69) is 6.07 Å². The van der Waals surface area contributed by atoms with Crippen molar-refractivity contribution in [3.05, 3.63) is 71.2 Å². The van der Waals surface area contributed by atoms with Crippen LogP contribution in [0, 0.1) is 17.1 Å². The van der Waals surface area contributed by atoms with Gasteiger partial charge in [-0.05, 0) is 42.8 Å². The van der Waals surface area contributed by atoms with E-state index in [0.29, 0.717) is 16.9 Å². The monoisotopic (exact) mass is 349 g/mol. The predicted molar refractivity (Wildman–Crippen MR) is 96.1 cm³/mol. The highest BCUT2D eigenvalue weighted by Gasteiger charge is 2.59. The summed E-state index contributed by atoms with van der Waals surface area (Å²) in [5.74, 6) is -0.407. The first kappa shape index (κ1) is 15.5. The summed E-state index contributed by atoms with van der Waals surface area (Å²) in [6, 6.07) is 14.7. The van der Waals surface area contributed by atoms with Gasteiger partial charge in [-0.3, -0.25) is 9.80 Å². The molecular formula is C19H12FN3OS. The SMILES string of the molecule is CC1=Cc2ccccc2[C@]2(C#N)C(=S)N(c3ccc(F)cc3)C(=O)N12. The Morgan fingerprint density at radius 1 is 1.16 bits per heavy atom. The molecule has 0 N–H and O–H groups in total. The Labute approximate surface area is 149 Å². The largest absolute Gasteiger partial charge is 0.335 e. The number of benzene rings is 2. The van der Waals surface area contributed by atoms with Gasteiger partial charge in [-0.15, -0.1) is 0 Å². The fourth-order valence-corrected chi connectivity index (χ4v) is 3.89. The molecule has 2 aliphatic rings. The van der Waals surface area contributed by atoms with Crippen LogP contribution in [0.15, 0.2) is 54.2 Å².